The molecule has 0 amide bonds. The van der Waals surface area contributed by atoms with E-state index in [1.807, 2.05) is 6.07 Å². The minimum atomic E-state index is -0.497. The van der Waals surface area contributed by atoms with Crippen molar-refractivity contribution in [3.63, 3.8) is 0 Å². The van der Waals surface area contributed by atoms with E-state index in [0.717, 1.165) is 13.0 Å². The number of fused-ring (bicyclic) bond motifs is 1. The minimum absolute atomic E-state index is 0.116. The molecule has 0 N–H and O–H groups in total. The van der Waals surface area contributed by atoms with Crippen molar-refractivity contribution < 1.29 is 9.53 Å². The van der Waals surface area contributed by atoms with Gasteiger partial charge < -0.3 is 4.74 Å². The smallest absolute Gasteiger partial charge is 0.377 e. The molecule has 1 atom stereocenters. The summed E-state index contributed by atoms with van der Waals surface area (Å²) in [5, 5.41) is 4.11. The van der Waals surface area contributed by atoms with E-state index in [9.17, 15) is 4.79 Å². The Morgan fingerprint density at radius 2 is 2.33 bits per heavy atom. The third-order valence-corrected chi connectivity index (χ3v) is 3.27. The molecule has 0 aliphatic heterocycles. The number of carbonyl (C=O) groups is 1. The molecule has 0 saturated heterocycles. The van der Waals surface area contributed by atoms with Crippen LogP contribution in [0.5, 0.6) is 0 Å². The second-order valence-electron chi connectivity index (χ2n) is 4.38. The van der Waals surface area contributed by atoms with Crippen molar-refractivity contribution >= 4 is 5.97 Å². The van der Waals surface area contributed by atoms with Gasteiger partial charge in [0.1, 0.15) is 6.33 Å². The first-order chi connectivity index (χ1) is 8.78. The van der Waals surface area contributed by atoms with Crippen LogP contribution in [0, 0.1) is 0 Å². The predicted molar refractivity (Wildman–Crippen MR) is 64.2 cm³/mol. The SMILES string of the molecule is COC(=O)c1ncn(CC2Cc3ccccc32)n1. The standard InChI is InChI=1S/C13H13N3O2/c1-18-13(17)12-14-8-16(15-12)7-10-6-9-4-2-3-5-11(9)10/h2-5,8,10H,6-7H2,1H3. The van der Waals surface area contributed by atoms with Gasteiger partial charge in [0.05, 0.1) is 7.11 Å². The third-order valence-electron chi connectivity index (χ3n) is 3.27. The monoisotopic (exact) mass is 243 g/mol. The summed E-state index contributed by atoms with van der Waals surface area (Å²) in [5.74, 6) is 0.0845. The van der Waals surface area contributed by atoms with Gasteiger partial charge in [-0.05, 0) is 17.5 Å². The molecule has 18 heavy (non-hydrogen) atoms. The van der Waals surface area contributed by atoms with E-state index >= 15 is 0 Å². The Balaban J connectivity index is 1.72. The summed E-state index contributed by atoms with van der Waals surface area (Å²) in [6, 6.07) is 8.39. The first-order valence-corrected chi connectivity index (χ1v) is 5.83. The van der Waals surface area contributed by atoms with Gasteiger partial charge in [-0.25, -0.2) is 9.78 Å². The number of carbonyl (C=O) groups excluding carboxylic acids is 1. The van der Waals surface area contributed by atoms with Gasteiger partial charge in [-0.2, -0.15) is 0 Å². The van der Waals surface area contributed by atoms with Gasteiger partial charge in [0, 0.05) is 12.5 Å². The van der Waals surface area contributed by atoms with E-state index in [2.05, 4.69) is 33.0 Å². The number of hydrogen-bond donors (Lipinski definition) is 0. The van der Waals surface area contributed by atoms with Crippen LogP contribution < -0.4 is 0 Å². The summed E-state index contributed by atoms with van der Waals surface area (Å²) in [5.41, 5.74) is 2.77. The maximum atomic E-state index is 11.2. The molecule has 0 fully saturated rings. The number of methoxy groups -OCH3 is 1. The molecule has 0 bridgehead atoms. The number of aromatic nitrogens is 3. The number of rotatable bonds is 3. The fraction of sp³-hybridized carbons (Fsp3) is 0.308. The van der Waals surface area contributed by atoms with Crippen LogP contribution in [0.4, 0.5) is 0 Å². The molecule has 3 rings (SSSR count). The molecule has 92 valence electrons. The minimum Gasteiger partial charge on any atom is -0.463 e. The molecular formula is C13H13N3O2. The highest BCUT2D eigenvalue weighted by Gasteiger charge is 2.26. The largest absolute Gasteiger partial charge is 0.463 e. The number of hydrogen-bond acceptors (Lipinski definition) is 4. The summed E-state index contributed by atoms with van der Waals surface area (Å²) >= 11 is 0. The molecule has 1 aromatic heterocycles. The van der Waals surface area contributed by atoms with Crippen molar-refractivity contribution in [1.29, 1.82) is 0 Å². The molecule has 1 aliphatic rings. The molecule has 0 radical (unpaired) electrons. The van der Waals surface area contributed by atoms with Crippen LogP contribution >= 0.6 is 0 Å². The van der Waals surface area contributed by atoms with E-state index in [-0.39, 0.29) is 5.82 Å². The molecule has 1 heterocycles. The molecule has 1 aliphatic carbocycles. The van der Waals surface area contributed by atoms with Crippen LogP contribution in [0.2, 0.25) is 0 Å². The highest BCUT2D eigenvalue weighted by atomic mass is 16.5. The third kappa shape index (κ3) is 1.77. The van der Waals surface area contributed by atoms with Crippen LogP contribution in [-0.4, -0.2) is 27.8 Å². The average molecular weight is 243 g/mol. The van der Waals surface area contributed by atoms with Crippen molar-refractivity contribution in [2.75, 3.05) is 7.11 Å². The molecule has 1 unspecified atom stereocenters. The van der Waals surface area contributed by atoms with Gasteiger partial charge in [0.15, 0.2) is 0 Å². The first kappa shape index (κ1) is 11.0. The highest BCUT2D eigenvalue weighted by molar-refractivity contribution is 5.84. The predicted octanol–water partition coefficient (Wildman–Crippen LogP) is 1.40. The molecule has 2 aromatic rings. The fourth-order valence-electron chi connectivity index (χ4n) is 2.32. The zero-order valence-corrected chi connectivity index (χ0v) is 10.0. The number of benzene rings is 1. The van der Waals surface area contributed by atoms with E-state index in [0.29, 0.717) is 5.92 Å². The van der Waals surface area contributed by atoms with Crippen LogP contribution in [0.15, 0.2) is 30.6 Å². The van der Waals surface area contributed by atoms with Gasteiger partial charge in [-0.3, -0.25) is 4.68 Å². The normalized spacial score (nSPS) is 16.8. The summed E-state index contributed by atoms with van der Waals surface area (Å²) in [6.45, 7) is 0.751. The Hall–Kier alpha value is -2.17. The first-order valence-electron chi connectivity index (χ1n) is 5.83. The number of esters is 1. The summed E-state index contributed by atoms with van der Waals surface area (Å²) < 4.78 is 6.28. The summed E-state index contributed by atoms with van der Waals surface area (Å²) in [4.78, 5) is 15.2. The Morgan fingerprint density at radius 1 is 1.50 bits per heavy atom. The van der Waals surface area contributed by atoms with Gasteiger partial charge in [0.2, 0.25) is 0 Å². The molecule has 5 heteroatoms. The van der Waals surface area contributed by atoms with Crippen molar-refractivity contribution in [1.82, 2.24) is 14.8 Å². The van der Waals surface area contributed by atoms with Gasteiger partial charge in [0.25, 0.3) is 5.82 Å². The van der Waals surface area contributed by atoms with Crippen LogP contribution in [0.1, 0.15) is 27.7 Å². The lowest BCUT2D eigenvalue weighted by molar-refractivity contribution is 0.0586. The number of nitrogens with zero attached hydrogens (tertiary/aromatic N) is 3. The second-order valence-corrected chi connectivity index (χ2v) is 4.38. The van der Waals surface area contributed by atoms with Crippen molar-refractivity contribution in [3.05, 3.63) is 47.5 Å². The van der Waals surface area contributed by atoms with Crippen molar-refractivity contribution in [2.45, 2.75) is 18.9 Å². The Kier molecular flexibility index (Phi) is 2.59. The van der Waals surface area contributed by atoms with Gasteiger partial charge >= 0.3 is 5.97 Å². The van der Waals surface area contributed by atoms with E-state index < -0.39 is 5.97 Å². The zero-order valence-electron chi connectivity index (χ0n) is 10.0. The van der Waals surface area contributed by atoms with E-state index in [1.165, 1.54) is 18.2 Å². The van der Waals surface area contributed by atoms with Crippen LogP contribution in [-0.2, 0) is 17.7 Å². The summed E-state index contributed by atoms with van der Waals surface area (Å²) in [6.07, 6.45) is 2.64. The van der Waals surface area contributed by atoms with Crippen LogP contribution in [0.3, 0.4) is 0 Å². The average Bonchev–Trinajstić information content (AvgIpc) is 2.84. The van der Waals surface area contributed by atoms with Crippen LogP contribution in [0.25, 0.3) is 0 Å². The van der Waals surface area contributed by atoms with Gasteiger partial charge in [-0.15, -0.1) is 5.10 Å². The molecular weight excluding hydrogens is 230 g/mol. The summed E-state index contributed by atoms with van der Waals surface area (Å²) in [7, 11) is 1.32. The Labute approximate surface area is 104 Å². The fourth-order valence-corrected chi connectivity index (χ4v) is 2.32. The Morgan fingerprint density at radius 3 is 3.11 bits per heavy atom. The molecule has 0 spiro atoms. The molecule has 5 nitrogen and oxygen atoms in total. The van der Waals surface area contributed by atoms with E-state index in [1.54, 1.807) is 11.0 Å². The quantitative estimate of drug-likeness (QED) is 0.765. The maximum absolute atomic E-state index is 11.2. The molecule has 0 saturated carbocycles. The number of ether oxygens (including phenoxy) is 1. The lowest BCUT2D eigenvalue weighted by atomic mass is 9.78. The Bertz CT molecular complexity index is 591. The lowest BCUT2D eigenvalue weighted by Gasteiger charge is -2.29. The molecule has 1 aromatic carbocycles. The van der Waals surface area contributed by atoms with Crippen molar-refractivity contribution in [2.24, 2.45) is 0 Å². The lowest BCUT2D eigenvalue weighted by Crippen LogP contribution is -2.22. The second kappa shape index (κ2) is 4.25. The van der Waals surface area contributed by atoms with Gasteiger partial charge in [-0.1, -0.05) is 24.3 Å². The maximum Gasteiger partial charge on any atom is 0.377 e. The highest BCUT2D eigenvalue weighted by Crippen LogP contribution is 2.35. The zero-order chi connectivity index (χ0) is 12.5. The topological polar surface area (TPSA) is 57.0 Å². The van der Waals surface area contributed by atoms with E-state index in [4.69, 9.17) is 0 Å². The van der Waals surface area contributed by atoms with Crippen molar-refractivity contribution in [3.8, 4) is 0 Å².